The predicted octanol–water partition coefficient (Wildman–Crippen LogP) is 1.71. The number of aromatic amines is 1. The number of H-pyrrole nitrogens is 1. The number of amides is 1. The van der Waals surface area contributed by atoms with E-state index in [2.05, 4.69) is 15.5 Å². The van der Waals surface area contributed by atoms with Gasteiger partial charge in [-0.05, 0) is 38.3 Å². The standard InChI is InChI=1S/C13H20N4O.2ClH/c18-13(12-2-1-6-14-12)17-8-4-10(5-9-17)11-3-7-15-16-11;;/h3,7,10,12,14H,1-2,4-6,8-9H2,(H,15,16);2*1H/t12-;;/m0../s1. The number of hydrogen-bond acceptors (Lipinski definition) is 3. The summed E-state index contributed by atoms with van der Waals surface area (Å²) in [5, 5.41) is 10.3. The molecule has 1 aromatic heterocycles. The maximum atomic E-state index is 12.2. The third-order valence-electron chi connectivity index (χ3n) is 4.13. The third kappa shape index (κ3) is 3.65. The Balaban J connectivity index is 0.000001000. The fourth-order valence-corrected chi connectivity index (χ4v) is 3.02. The Morgan fingerprint density at radius 1 is 1.25 bits per heavy atom. The number of carbonyl (C=O) groups excluding carboxylic acids is 1. The van der Waals surface area contributed by atoms with Crippen molar-refractivity contribution < 1.29 is 4.79 Å². The zero-order valence-corrected chi connectivity index (χ0v) is 13.0. The van der Waals surface area contributed by atoms with Crippen LogP contribution < -0.4 is 5.32 Å². The van der Waals surface area contributed by atoms with E-state index in [0.717, 1.165) is 45.3 Å². The number of hydrogen-bond donors (Lipinski definition) is 2. The molecule has 1 aromatic rings. The van der Waals surface area contributed by atoms with E-state index in [1.165, 1.54) is 5.69 Å². The molecule has 3 heterocycles. The lowest BCUT2D eigenvalue weighted by Crippen LogP contribution is -2.46. The second-order valence-electron chi connectivity index (χ2n) is 5.26. The first kappa shape index (κ1) is 17.3. The molecule has 3 rings (SSSR count). The van der Waals surface area contributed by atoms with Gasteiger partial charge in [0.05, 0.1) is 6.04 Å². The highest BCUT2D eigenvalue weighted by molar-refractivity contribution is 5.85. The van der Waals surface area contributed by atoms with E-state index in [0.29, 0.717) is 11.8 Å². The van der Waals surface area contributed by atoms with Crippen molar-refractivity contribution >= 4 is 30.7 Å². The van der Waals surface area contributed by atoms with Crippen LogP contribution in [0.25, 0.3) is 0 Å². The molecular weight excluding hydrogens is 299 g/mol. The first-order valence-corrected chi connectivity index (χ1v) is 6.86. The molecule has 2 saturated heterocycles. The highest BCUT2D eigenvalue weighted by Crippen LogP contribution is 2.26. The van der Waals surface area contributed by atoms with E-state index < -0.39 is 0 Å². The fourth-order valence-electron chi connectivity index (χ4n) is 3.02. The molecule has 0 spiro atoms. The molecule has 7 heteroatoms. The second-order valence-corrected chi connectivity index (χ2v) is 5.26. The molecule has 2 fully saturated rings. The zero-order valence-electron chi connectivity index (χ0n) is 11.4. The van der Waals surface area contributed by atoms with Crippen LogP contribution in [0.5, 0.6) is 0 Å². The van der Waals surface area contributed by atoms with Crippen molar-refractivity contribution in [1.29, 1.82) is 0 Å². The van der Waals surface area contributed by atoms with Crippen molar-refractivity contribution in [3.63, 3.8) is 0 Å². The molecule has 1 atom stereocenters. The predicted molar refractivity (Wildman–Crippen MR) is 82.7 cm³/mol. The molecule has 2 N–H and O–H groups in total. The van der Waals surface area contributed by atoms with Gasteiger partial charge in [-0.3, -0.25) is 9.89 Å². The van der Waals surface area contributed by atoms with E-state index in [9.17, 15) is 4.79 Å². The van der Waals surface area contributed by atoms with Crippen molar-refractivity contribution in [2.24, 2.45) is 0 Å². The Kier molecular flexibility index (Phi) is 6.79. The molecule has 0 aliphatic carbocycles. The maximum absolute atomic E-state index is 12.2. The summed E-state index contributed by atoms with van der Waals surface area (Å²) in [6.45, 7) is 2.74. The quantitative estimate of drug-likeness (QED) is 0.872. The highest BCUT2D eigenvalue weighted by atomic mass is 35.5. The van der Waals surface area contributed by atoms with Crippen LogP contribution in [0.15, 0.2) is 12.3 Å². The molecule has 2 aliphatic rings. The number of rotatable bonds is 2. The molecule has 114 valence electrons. The van der Waals surface area contributed by atoms with Gasteiger partial charge in [0.15, 0.2) is 0 Å². The average Bonchev–Trinajstić information content (AvgIpc) is 3.11. The highest BCUT2D eigenvalue weighted by Gasteiger charge is 2.30. The van der Waals surface area contributed by atoms with Crippen molar-refractivity contribution in [3.8, 4) is 0 Å². The summed E-state index contributed by atoms with van der Waals surface area (Å²) in [4.78, 5) is 14.3. The number of nitrogens with zero attached hydrogens (tertiary/aromatic N) is 2. The van der Waals surface area contributed by atoms with Gasteiger partial charge in [-0.1, -0.05) is 0 Å². The molecule has 0 bridgehead atoms. The summed E-state index contributed by atoms with van der Waals surface area (Å²) in [6, 6.07) is 2.12. The van der Waals surface area contributed by atoms with Crippen LogP contribution in [0.2, 0.25) is 0 Å². The Hall–Kier alpha value is -0.780. The largest absolute Gasteiger partial charge is 0.341 e. The number of aromatic nitrogens is 2. The fraction of sp³-hybridized carbons (Fsp3) is 0.692. The molecule has 0 unspecified atom stereocenters. The summed E-state index contributed by atoms with van der Waals surface area (Å²) in [5.41, 5.74) is 1.21. The van der Waals surface area contributed by atoms with Gasteiger partial charge in [-0.2, -0.15) is 5.10 Å². The van der Waals surface area contributed by atoms with E-state index in [4.69, 9.17) is 0 Å². The lowest BCUT2D eigenvalue weighted by molar-refractivity contribution is -0.134. The van der Waals surface area contributed by atoms with Gasteiger partial charge in [0.1, 0.15) is 0 Å². The van der Waals surface area contributed by atoms with Gasteiger partial charge >= 0.3 is 0 Å². The smallest absolute Gasteiger partial charge is 0.239 e. The van der Waals surface area contributed by atoms with Crippen molar-refractivity contribution in [1.82, 2.24) is 20.4 Å². The SMILES string of the molecule is Cl.Cl.O=C([C@@H]1CCCN1)N1CCC(c2ccn[nH]2)CC1. The van der Waals surface area contributed by atoms with Gasteiger partial charge in [0, 0.05) is 30.9 Å². The van der Waals surface area contributed by atoms with E-state index >= 15 is 0 Å². The third-order valence-corrected chi connectivity index (χ3v) is 4.13. The number of halogens is 2. The van der Waals surface area contributed by atoms with Crippen LogP contribution in [0.4, 0.5) is 0 Å². The van der Waals surface area contributed by atoms with E-state index in [1.54, 1.807) is 6.20 Å². The first-order chi connectivity index (χ1) is 8.84. The molecule has 2 aliphatic heterocycles. The number of carbonyl (C=O) groups is 1. The Bertz CT molecular complexity index is 399. The maximum Gasteiger partial charge on any atom is 0.239 e. The van der Waals surface area contributed by atoms with Crippen LogP contribution in [0, 0.1) is 0 Å². The van der Waals surface area contributed by atoms with Crippen LogP contribution in [0.1, 0.15) is 37.3 Å². The Labute approximate surface area is 131 Å². The summed E-state index contributed by atoms with van der Waals surface area (Å²) in [6.07, 6.45) is 6.01. The molecule has 0 radical (unpaired) electrons. The summed E-state index contributed by atoms with van der Waals surface area (Å²) in [5.74, 6) is 0.837. The van der Waals surface area contributed by atoms with Gasteiger partial charge < -0.3 is 10.2 Å². The van der Waals surface area contributed by atoms with Crippen LogP contribution in [-0.4, -0.2) is 46.7 Å². The van der Waals surface area contributed by atoms with Crippen molar-refractivity contribution in [2.45, 2.75) is 37.6 Å². The summed E-state index contributed by atoms with van der Waals surface area (Å²) in [7, 11) is 0. The summed E-state index contributed by atoms with van der Waals surface area (Å²) >= 11 is 0. The van der Waals surface area contributed by atoms with Crippen LogP contribution in [-0.2, 0) is 4.79 Å². The Morgan fingerprint density at radius 2 is 2.00 bits per heavy atom. The normalized spacial score (nSPS) is 23.0. The van der Waals surface area contributed by atoms with E-state index in [1.807, 2.05) is 11.0 Å². The minimum absolute atomic E-state index is 0. The molecule has 0 saturated carbocycles. The number of piperidine rings is 1. The number of nitrogens with one attached hydrogen (secondary N) is 2. The average molecular weight is 321 g/mol. The van der Waals surface area contributed by atoms with Crippen molar-refractivity contribution in [3.05, 3.63) is 18.0 Å². The van der Waals surface area contributed by atoms with Gasteiger partial charge in [-0.25, -0.2) is 0 Å². The lowest BCUT2D eigenvalue weighted by atomic mass is 9.93. The zero-order chi connectivity index (χ0) is 12.4. The molecule has 1 amide bonds. The van der Waals surface area contributed by atoms with Gasteiger partial charge in [0.25, 0.3) is 0 Å². The Morgan fingerprint density at radius 3 is 2.55 bits per heavy atom. The topological polar surface area (TPSA) is 61.0 Å². The molecular formula is C13H22Cl2N4O. The van der Waals surface area contributed by atoms with Gasteiger partial charge in [0.2, 0.25) is 5.91 Å². The molecule has 0 aromatic carbocycles. The lowest BCUT2D eigenvalue weighted by Gasteiger charge is -2.33. The number of likely N-dealkylation sites (tertiary alicyclic amines) is 1. The van der Waals surface area contributed by atoms with Crippen LogP contribution >= 0.6 is 24.8 Å². The van der Waals surface area contributed by atoms with E-state index in [-0.39, 0.29) is 30.9 Å². The second kappa shape index (κ2) is 7.86. The minimum Gasteiger partial charge on any atom is -0.341 e. The summed E-state index contributed by atoms with van der Waals surface area (Å²) < 4.78 is 0. The monoisotopic (exact) mass is 320 g/mol. The van der Waals surface area contributed by atoms with Gasteiger partial charge in [-0.15, -0.1) is 24.8 Å². The minimum atomic E-state index is 0. The first-order valence-electron chi connectivity index (χ1n) is 6.86. The van der Waals surface area contributed by atoms with Crippen LogP contribution in [0.3, 0.4) is 0 Å². The van der Waals surface area contributed by atoms with Crippen molar-refractivity contribution in [2.75, 3.05) is 19.6 Å². The molecule has 20 heavy (non-hydrogen) atoms. The molecule has 5 nitrogen and oxygen atoms in total.